The lowest BCUT2D eigenvalue weighted by atomic mass is 10.1. The highest BCUT2D eigenvalue weighted by atomic mass is 35.5. The van der Waals surface area contributed by atoms with Gasteiger partial charge in [0, 0.05) is 16.5 Å². The van der Waals surface area contributed by atoms with E-state index in [0.717, 1.165) is 23.8 Å². The first-order chi connectivity index (χ1) is 15.5. The van der Waals surface area contributed by atoms with Crippen LogP contribution in [0.3, 0.4) is 0 Å². The molecule has 0 bridgehead atoms. The first-order valence-electron chi connectivity index (χ1n) is 10.5. The monoisotopic (exact) mass is 449 g/mol. The molecule has 0 radical (unpaired) electrons. The molecule has 3 aromatic carbocycles. The molecular formula is C25H21ClFN3O2. The van der Waals surface area contributed by atoms with E-state index < -0.39 is 6.10 Å². The van der Waals surface area contributed by atoms with Crippen LogP contribution in [0.4, 0.5) is 4.39 Å². The molecule has 1 fully saturated rings. The van der Waals surface area contributed by atoms with Crippen LogP contribution in [0, 0.1) is 5.82 Å². The third-order valence-electron chi connectivity index (χ3n) is 5.94. The van der Waals surface area contributed by atoms with E-state index in [1.165, 1.54) is 12.1 Å². The Morgan fingerprint density at radius 3 is 2.59 bits per heavy atom. The molecule has 0 saturated heterocycles. The van der Waals surface area contributed by atoms with E-state index in [1.54, 1.807) is 35.0 Å². The van der Waals surface area contributed by atoms with Gasteiger partial charge in [0.05, 0.1) is 28.4 Å². The van der Waals surface area contributed by atoms with Crippen molar-refractivity contribution in [1.82, 2.24) is 15.1 Å². The van der Waals surface area contributed by atoms with Gasteiger partial charge in [-0.05, 0) is 67.8 Å². The van der Waals surface area contributed by atoms with Gasteiger partial charge in [-0.1, -0.05) is 29.8 Å². The van der Waals surface area contributed by atoms with E-state index in [-0.39, 0.29) is 17.8 Å². The lowest BCUT2D eigenvalue weighted by Gasteiger charge is -2.16. The molecule has 1 amide bonds. The molecule has 0 aliphatic heterocycles. The summed E-state index contributed by atoms with van der Waals surface area (Å²) in [7, 11) is 0. The lowest BCUT2D eigenvalue weighted by molar-refractivity contribution is 0.0873. The minimum atomic E-state index is -0.515. The summed E-state index contributed by atoms with van der Waals surface area (Å²) in [6, 6.07) is 18.6. The van der Waals surface area contributed by atoms with Crippen molar-refractivity contribution in [2.24, 2.45) is 0 Å². The van der Waals surface area contributed by atoms with E-state index in [4.69, 9.17) is 16.7 Å². The molecule has 2 atom stereocenters. The molecule has 5 rings (SSSR count). The topological polar surface area (TPSA) is 67.2 Å². The SMILES string of the molecule is O=C(N[C@H]1CCC[C@@H]1O)c1ccc2c(-c3ccccc3Cl)nn(-c3ccc(F)cc3)c2c1. The molecule has 0 unspecified atom stereocenters. The summed E-state index contributed by atoms with van der Waals surface area (Å²) in [5, 5.41) is 19.1. The van der Waals surface area contributed by atoms with Gasteiger partial charge in [-0.2, -0.15) is 5.10 Å². The summed E-state index contributed by atoms with van der Waals surface area (Å²) >= 11 is 6.44. The van der Waals surface area contributed by atoms with Crippen LogP contribution in [-0.4, -0.2) is 32.9 Å². The average molecular weight is 450 g/mol. The number of aromatic nitrogens is 2. The number of amides is 1. The Morgan fingerprint density at radius 1 is 1.09 bits per heavy atom. The quantitative estimate of drug-likeness (QED) is 0.454. The number of nitrogens with zero attached hydrogens (tertiary/aromatic N) is 2. The number of carbonyl (C=O) groups is 1. The van der Waals surface area contributed by atoms with Crippen molar-refractivity contribution >= 4 is 28.4 Å². The van der Waals surface area contributed by atoms with E-state index in [2.05, 4.69) is 5.32 Å². The Kier molecular flexibility index (Phi) is 5.41. The van der Waals surface area contributed by atoms with Crippen molar-refractivity contribution in [2.75, 3.05) is 0 Å². The molecule has 5 nitrogen and oxygen atoms in total. The van der Waals surface area contributed by atoms with Gasteiger partial charge in [-0.25, -0.2) is 9.07 Å². The zero-order chi connectivity index (χ0) is 22.2. The van der Waals surface area contributed by atoms with Crippen LogP contribution in [-0.2, 0) is 0 Å². The van der Waals surface area contributed by atoms with Crippen LogP contribution in [0.25, 0.3) is 27.8 Å². The van der Waals surface area contributed by atoms with Gasteiger partial charge >= 0.3 is 0 Å². The van der Waals surface area contributed by atoms with E-state index in [9.17, 15) is 14.3 Å². The fourth-order valence-corrected chi connectivity index (χ4v) is 4.47. The number of rotatable bonds is 4. The fourth-order valence-electron chi connectivity index (χ4n) is 4.25. The minimum Gasteiger partial charge on any atom is -0.391 e. The summed E-state index contributed by atoms with van der Waals surface area (Å²) in [6.45, 7) is 0. The number of carbonyl (C=O) groups excluding carboxylic acids is 1. The van der Waals surface area contributed by atoms with Crippen LogP contribution >= 0.6 is 11.6 Å². The molecule has 1 heterocycles. The fraction of sp³-hybridized carbons (Fsp3) is 0.200. The van der Waals surface area contributed by atoms with E-state index in [1.807, 2.05) is 24.3 Å². The van der Waals surface area contributed by atoms with Crippen molar-refractivity contribution < 1.29 is 14.3 Å². The van der Waals surface area contributed by atoms with Crippen LogP contribution in [0.1, 0.15) is 29.6 Å². The molecule has 0 spiro atoms. The molecule has 1 aliphatic rings. The highest BCUT2D eigenvalue weighted by Crippen LogP contribution is 2.34. The number of aliphatic hydroxyl groups excluding tert-OH is 1. The number of fused-ring (bicyclic) bond motifs is 1. The first kappa shape index (κ1) is 20.7. The van der Waals surface area contributed by atoms with E-state index >= 15 is 0 Å². The Labute approximate surface area is 189 Å². The third kappa shape index (κ3) is 3.76. The lowest BCUT2D eigenvalue weighted by Crippen LogP contribution is -2.39. The third-order valence-corrected chi connectivity index (χ3v) is 6.27. The molecule has 7 heteroatoms. The Hall–Kier alpha value is -3.22. The van der Waals surface area contributed by atoms with Crippen LogP contribution in [0.2, 0.25) is 5.02 Å². The predicted octanol–water partition coefficient (Wildman–Crippen LogP) is 5.13. The summed E-state index contributed by atoms with van der Waals surface area (Å²) in [4.78, 5) is 12.9. The summed E-state index contributed by atoms with van der Waals surface area (Å²) in [6.07, 6.45) is 1.84. The van der Waals surface area contributed by atoms with Gasteiger partial charge in [-0.15, -0.1) is 0 Å². The number of aliphatic hydroxyl groups is 1. The Balaban J connectivity index is 1.63. The maximum Gasteiger partial charge on any atom is 0.251 e. The molecule has 1 aromatic heterocycles. The second-order valence-corrected chi connectivity index (χ2v) is 8.43. The highest BCUT2D eigenvalue weighted by molar-refractivity contribution is 6.33. The molecule has 2 N–H and O–H groups in total. The molecule has 1 aliphatic carbocycles. The van der Waals surface area contributed by atoms with Crippen LogP contribution in [0.15, 0.2) is 66.7 Å². The van der Waals surface area contributed by atoms with Gasteiger partial charge < -0.3 is 10.4 Å². The number of hydrogen-bond acceptors (Lipinski definition) is 3. The second kappa shape index (κ2) is 8.37. The maximum atomic E-state index is 13.5. The standard InChI is InChI=1S/C25H21ClFN3O2/c26-20-5-2-1-4-18(20)24-19-13-8-15(25(32)28-21-6-3-7-23(21)31)14-22(19)30(29-24)17-11-9-16(27)10-12-17/h1-2,4-5,8-14,21,23,31H,3,6-7H2,(H,28,32)/t21-,23-/m0/s1. The molecule has 1 saturated carbocycles. The average Bonchev–Trinajstić information content (AvgIpc) is 3.37. The smallest absolute Gasteiger partial charge is 0.251 e. The number of nitrogens with one attached hydrogen (secondary N) is 1. The maximum absolute atomic E-state index is 13.5. The minimum absolute atomic E-state index is 0.237. The zero-order valence-electron chi connectivity index (χ0n) is 17.1. The summed E-state index contributed by atoms with van der Waals surface area (Å²) in [5.74, 6) is -0.587. The van der Waals surface area contributed by atoms with Gasteiger partial charge in [0.1, 0.15) is 11.5 Å². The zero-order valence-corrected chi connectivity index (χ0v) is 17.9. The Bertz CT molecular complexity index is 1300. The molecular weight excluding hydrogens is 429 g/mol. The molecule has 32 heavy (non-hydrogen) atoms. The highest BCUT2D eigenvalue weighted by Gasteiger charge is 2.27. The number of hydrogen-bond donors (Lipinski definition) is 2. The molecule has 162 valence electrons. The summed E-state index contributed by atoms with van der Waals surface area (Å²) in [5.41, 5.74) is 3.27. The normalized spacial score (nSPS) is 18.2. The van der Waals surface area contributed by atoms with Gasteiger partial charge in [0.2, 0.25) is 0 Å². The second-order valence-electron chi connectivity index (χ2n) is 8.03. The largest absolute Gasteiger partial charge is 0.391 e. The van der Waals surface area contributed by atoms with Gasteiger partial charge in [-0.3, -0.25) is 4.79 Å². The van der Waals surface area contributed by atoms with Crippen molar-refractivity contribution in [1.29, 1.82) is 0 Å². The number of benzene rings is 3. The van der Waals surface area contributed by atoms with Gasteiger partial charge in [0.15, 0.2) is 0 Å². The van der Waals surface area contributed by atoms with Crippen LogP contribution in [0.5, 0.6) is 0 Å². The van der Waals surface area contributed by atoms with Crippen molar-refractivity contribution in [2.45, 2.75) is 31.4 Å². The van der Waals surface area contributed by atoms with Crippen LogP contribution < -0.4 is 5.32 Å². The molecule has 4 aromatic rings. The Morgan fingerprint density at radius 2 is 1.88 bits per heavy atom. The first-order valence-corrected chi connectivity index (χ1v) is 10.9. The van der Waals surface area contributed by atoms with E-state index in [0.29, 0.717) is 33.9 Å². The summed E-state index contributed by atoms with van der Waals surface area (Å²) < 4.78 is 15.2. The van der Waals surface area contributed by atoms with Crippen molar-refractivity contribution in [3.8, 4) is 16.9 Å². The predicted molar refractivity (Wildman–Crippen MR) is 123 cm³/mol. The van der Waals surface area contributed by atoms with Crippen molar-refractivity contribution in [3.05, 3.63) is 83.1 Å². The van der Waals surface area contributed by atoms with Crippen molar-refractivity contribution in [3.63, 3.8) is 0 Å². The van der Waals surface area contributed by atoms with Gasteiger partial charge in [0.25, 0.3) is 5.91 Å². The number of halogens is 2.